The maximum atomic E-state index is 8.43. The fraction of sp³-hybridized carbons (Fsp3) is 0.308. The molecule has 0 bridgehead atoms. The van der Waals surface area contributed by atoms with Crippen molar-refractivity contribution in [2.24, 2.45) is 10.9 Å². The standard InChI is InChI=1S/C13H16N4OS/c14-12(17-18)7-3-4-8-19-13-10-5-1-2-6-11(10)15-9-16-13/h1-2,5-6,9,18H,3-4,7-8H2,(H2,14,17). The molecule has 0 aliphatic carbocycles. The SMILES string of the molecule is N/C(CCCCSc1ncnc2ccccc12)=N/O. The summed E-state index contributed by atoms with van der Waals surface area (Å²) in [6.45, 7) is 0. The smallest absolute Gasteiger partial charge is 0.139 e. The van der Waals surface area contributed by atoms with E-state index in [4.69, 9.17) is 10.9 Å². The van der Waals surface area contributed by atoms with E-state index < -0.39 is 0 Å². The minimum absolute atomic E-state index is 0.289. The van der Waals surface area contributed by atoms with Crippen molar-refractivity contribution in [3.63, 3.8) is 0 Å². The van der Waals surface area contributed by atoms with Crippen molar-refractivity contribution in [1.29, 1.82) is 0 Å². The molecule has 19 heavy (non-hydrogen) atoms. The summed E-state index contributed by atoms with van der Waals surface area (Å²) in [7, 11) is 0. The average Bonchev–Trinajstić information content (AvgIpc) is 2.46. The van der Waals surface area contributed by atoms with E-state index in [1.165, 1.54) is 0 Å². The van der Waals surface area contributed by atoms with E-state index >= 15 is 0 Å². The van der Waals surface area contributed by atoms with E-state index in [1.54, 1.807) is 18.1 Å². The van der Waals surface area contributed by atoms with E-state index in [1.807, 2.05) is 24.3 Å². The third kappa shape index (κ3) is 3.82. The molecule has 0 atom stereocenters. The number of rotatable bonds is 6. The first kappa shape index (κ1) is 13.6. The molecule has 0 saturated heterocycles. The summed E-state index contributed by atoms with van der Waals surface area (Å²) < 4.78 is 0. The zero-order valence-electron chi connectivity index (χ0n) is 10.5. The lowest BCUT2D eigenvalue weighted by Crippen LogP contribution is -2.10. The van der Waals surface area contributed by atoms with Crippen LogP contribution in [0, 0.1) is 0 Å². The first-order valence-corrected chi connectivity index (χ1v) is 7.09. The molecule has 3 N–H and O–H groups in total. The van der Waals surface area contributed by atoms with Gasteiger partial charge >= 0.3 is 0 Å². The Morgan fingerprint density at radius 1 is 1.26 bits per heavy atom. The van der Waals surface area contributed by atoms with Gasteiger partial charge in [0, 0.05) is 11.8 Å². The lowest BCUT2D eigenvalue weighted by Gasteiger charge is -2.04. The van der Waals surface area contributed by atoms with E-state index in [-0.39, 0.29) is 5.84 Å². The Bertz CT molecular complexity index is 568. The molecule has 2 rings (SSSR count). The second kappa shape index (κ2) is 6.94. The van der Waals surface area contributed by atoms with Crippen molar-refractivity contribution >= 4 is 28.5 Å². The predicted molar refractivity (Wildman–Crippen MR) is 77.5 cm³/mol. The lowest BCUT2D eigenvalue weighted by atomic mass is 10.2. The van der Waals surface area contributed by atoms with Gasteiger partial charge in [0.2, 0.25) is 0 Å². The monoisotopic (exact) mass is 276 g/mol. The summed E-state index contributed by atoms with van der Waals surface area (Å²) in [5.41, 5.74) is 6.38. The van der Waals surface area contributed by atoms with Gasteiger partial charge in [-0.15, -0.1) is 11.8 Å². The lowest BCUT2D eigenvalue weighted by molar-refractivity contribution is 0.316. The Morgan fingerprint density at radius 2 is 2.11 bits per heavy atom. The van der Waals surface area contributed by atoms with Gasteiger partial charge in [-0.25, -0.2) is 9.97 Å². The molecule has 100 valence electrons. The molecule has 2 aromatic rings. The summed E-state index contributed by atoms with van der Waals surface area (Å²) in [6, 6.07) is 7.99. The van der Waals surface area contributed by atoms with Crippen LogP contribution in [0.4, 0.5) is 0 Å². The Hall–Kier alpha value is -1.82. The fourth-order valence-corrected chi connectivity index (χ4v) is 2.71. The number of thioether (sulfide) groups is 1. The van der Waals surface area contributed by atoms with E-state index in [0.717, 1.165) is 34.5 Å². The van der Waals surface area contributed by atoms with Gasteiger partial charge in [0.1, 0.15) is 17.2 Å². The number of aromatic nitrogens is 2. The van der Waals surface area contributed by atoms with Crippen molar-refractivity contribution in [1.82, 2.24) is 9.97 Å². The van der Waals surface area contributed by atoms with Gasteiger partial charge in [-0.1, -0.05) is 23.4 Å². The Morgan fingerprint density at radius 3 is 2.95 bits per heavy atom. The van der Waals surface area contributed by atoms with Crippen LogP contribution in [0.15, 0.2) is 40.8 Å². The number of para-hydroxylation sites is 1. The van der Waals surface area contributed by atoms with Gasteiger partial charge in [0.05, 0.1) is 5.52 Å². The summed E-state index contributed by atoms with van der Waals surface area (Å²) in [5, 5.41) is 13.5. The van der Waals surface area contributed by atoms with Crippen LogP contribution in [0.25, 0.3) is 10.9 Å². The minimum Gasteiger partial charge on any atom is -0.409 e. The van der Waals surface area contributed by atoms with Gasteiger partial charge in [-0.05, 0) is 24.7 Å². The molecule has 0 aliphatic heterocycles. The number of nitrogens with two attached hydrogens (primary N) is 1. The first-order valence-electron chi connectivity index (χ1n) is 6.10. The zero-order chi connectivity index (χ0) is 13.5. The molecule has 1 aromatic carbocycles. The Labute approximate surface area is 115 Å². The number of unbranched alkanes of at least 4 members (excludes halogenated alkanes) is 1. The van der Waals surface area contributed by atoms with Crippen LogP contribution in [0.5, 0.6) is 0 Å². The maximum Gasteiger partial charge on any atom is 0.139 e. The molecule has 1 heterocycles. The highest BCUT2D eigenvalue weighted by Gasteiger charge is 2.03. The van der Waals surface area contributed by atoms with Crippen molar-refractivity contribution in [2.45, 2.75) is 24.3 Å². The van der Waals surface area contributed by atoms with Crippen molar-refractivity contribution < 1.29 is 5.21 Å². The molecule has 5 nitrogen and oxygen atoms in total. The van der Waals surface area contributed by atoms with Crippen LogP contribution in [-0.4, -0.2) is 26.8 Å². The van der Waals surface area contributed by atoms with E-state index in [2.05, 4.69) is 15.1 Å². The predicted octanol–water partition coefficient (Wildman–Crippen LogP) is 2.64. The average molecular weight is 276 g/mol. The first-order chi connectivity index (χ1) is 9.31. The van der Waals surface area contributed by atoms with Crippen LogP contribution >= 0.6 is 11.8 Å². The van der Waals surface area contributed by atoms with Gasteiger partial charge in [0.25, 0.3) is 0 Å². The zero-order valence-corrected chi connectivity index (χ0v) is 11.3. The molecule has 0 amide bonds. The topological polar surface area (TPSA) is 84.4 Å². The summed E-state index contributed by atoms with van der Waals surface area (Å²) in [4.78, 5) is 8.56. The van der Waals surface area contributed by atoms with Gasteiger partial charge in [-0.3, -0.25) is 0 Å². The molecule has 0 spiro atoms. The van der Waals surface area contributed by atoms with Crippen molar-refractivity contribution in [2.75, 3.05) is 5.75 Å². The number of nitrogens with zero attached hydrogens (tertiary/aromatic N) is 3. The van der Waals surface area contributed by atoms with Crippen LogP contribution in [0.2, 0.25) is 0 Å². The number of fused-ring (bicyclic) bond motifs is 1. The number of hydrogen-bond acceptors (Lipinski definition) is 5. The fourth-order valence-electron chi connectivity index (χ4n) is 1.72. The van der Waals surface area contributed by atoms with Gasteiger partial charge in [-0.2, -0.15) is 0 Å². The highest BCUT2D eigenvalue weighted by molar-refractivity contribution is 7.99. The number of hydrogen-bond donors (Lipinski definition) is 2. The second-order valence-corrected chi connectivity index (χ2v) is 5.18. The molecule has 0 fully saturated rings. The van der Waals surface area contributed by atoms with Crippen molar-refractivity contribution in [3.8, 4) is 0 Å². The summed E-state index contributed by atoms with van der Waals surface area (Å²) in [5.74, 6) is 1.25. The van der Waals surface area contributed by atoms with Crippen LogP contribution in [0.1, 0.15) is 19.3 Å². The molecule has 0 aliphatic rings. The van der Waals surface area contributed by atoms with Crippen LogP contribution in [-0.2, 0) is 0 Å². The van der Waals surface area contributed by atoms with E-state index in [0.29, 0.717) is 6.42 Å². The highest BCUT2D eigenvalue weighted by Crippen LogP contribution is 2.24. The highest BCUT2D eigenvalue weighted by atomic mass is 32.2. The maximum absolute atomic E-state index is 8.43. The molecule has 6 heteroatoms. The second-order valence-electron chi connectivity index (χ2n) is 4.09. The van der Waals surface area contributed by atoms with Crippen LogP contribution < -0.4 is 5.73 Å². The minimum atomic E-state index is 0.289. The van der Waals surface area contributed by atoms with Crippen LogP contribution in [0.3, 0.4) is 0 Å². The molecule has 1 aromatic heterocycles. The number of amidine groups is 1. The van der Waals surface area contributed by atoms with E-state index in [9.17, 15) is 0 Å². The Balaban J connectivity index is 1.88. The number of oxime groups is 1. The molecular formula is C13H16N4OS. The molecule has 0 unspecified atom stereocenters. The van der Waals surface area contributed by atoms with Gasteiger partial charge in [0.15, 0.2) is 0 Å². The van der Waals surface area contributed by atoms with Gasteiger partial charge < -0.3 is 10.9 Å². The largest absolute Gasteiger partial charge is 0.409 e. The van der Waals surface area contributed by atoms with Crippen molar-refractivity contribution in [3.05, 3.63) is 30.6 Å². The normalized spacial score (nSPS) is 11.9. The molecule has 0 saturated carbocycles. The summed E-state index contributed by atoms with van der Waals surface area (Å²) in [6.07, 6.45) is 4.13. The third-order valence-electron chi connectivity index (χ3n) is 2.70. The Kier molecular flexibility index (Phi) is 4.97. The quantitative estimate of drug-likeness (QED) is 0.161. The summed E-state index contributed by atoms with van der Waals surface area (Å²) >= 11 is 1.71. The third-order valence-corrected chi connectivity index (χ3v) is 3.79. The molecule has 0 radical (unpaired) electrons. The number of benzene rings is 1. The molecular weight excluding hydrogens is 260 g/mol.